The first-order chi connectivity index (χ1) is 14.2. The van der Waals surface area contributed by atoms with Crippen molar-refractivity contribution in [3.05, 3.63) is 51.8 Å². The van der Waals surface area contributed by atoms with E-state index in [0.717, 1.165) is 6.07 Å². The first kappa shape index (κ1) is 21.8. The molecule has 3 rings (SSSR count). The zero-order valence-corrected chi connectivity index (χ0v) is 16.8. The van der Waals surface area contributed by atoms with Gasteiger partial charge in [0.05, 0.1) is 12.9 Å². The number of piperidine rings is 1. The summed E-state index contributed by atoms with van der Waals surface area (Å²) in [6.07, 6.45) is -0.704. The number of halogens is 3. The molecule has 2 aromatic rings. The van der Waals surface area contributed by atoms with Crippen LogP contribution < -0.4 is 10.3 Å². The highest BCUT2D eigenvalue weighted by Crippen LogP contribution is 2.35. The van der Waals surface area contributed by atoms with Crippen molar-refractivity contribution in [2.45, 2.75) is 39.4 Å². The highest BCUT2D eigenvalue weighted by molar-refractivity contribution is 5.76. The number of hydrogen-bond donors (Lipinski definition) is 0. The number of carbonyl (C=O) groups excluding carboxylic acids is 1. The maximum absolute atomic E-state index is 13.0. The van der Waals surface area contributed by atoms with Crippen LogP contribution in [0, 0.1) is 19.8 Å². The highest BCUT2D eigenvalue weighted by Gasteiger charge is 2.35. The van der Waals surface area contributed by atoms with Crippen molar-refractivity contribution in [3.63, 3.8) is 0 Å². The smallest absolute Gasteiger partial charge is 0.421 e. The molecule has 0 unspecified atom stereocenters. The third-order valence-corrected chi connectivity index (χ3v) is 5.32. The molecule has 2 aromatic heterocycles. The second-order valence-corrected chi connectivity index (χ2v) is 7.38. The van der Waals surface area contributed by atoms with E-state index in [-0.39, 0.29) is 30.5 Å². The average Bonchev–Trinajstić information content (AvgIpc) is 2.72. The summed E-state index contributed by atoms with van der Waals surface area (Å²) < 4.78 is 45.7. The average molecular weight is 424 g/mol. The first-order valence-corrected chi connectivity index (χ1v) is 9.62. The molecule has 1 aliphatic rings. The van der Waals surface area contributed by atoms with Crippen LogP contribution in [0.3, 0.4) is 0 Å². The van der Waals surface area contributed by atoms with Crippen LogP contribution in [0.25, 0.3) is 0 Å². The molecule has 162 valence electrons. The van der Waals surface area contributed by atoms with Crippen LogP contribution >= 0.6 is 0 Å². The van der Waals surface area contributed by atoms with Crippen molar-refractivity contribution in [1.29, 1.82) is 0 Å². The van der Waals surface area contributed by atoms with Crippen LogP contribution in [0.4, 0.5) is 13.2 Å². The number of hydrogen-bond acceptors (Lipinski definition) is 5. The molecule has 0 N–H and O–H groups in total. The molecule has 0 saturated carbocycles. The Hall–Kier alpha value is -2.91. The number of aryl methyl sites for hydroxylation is 1. The van der Waals surface area contributed by atoms with Crippen molar-refractivity contribution < 1.29 is 22.7 Å². The van der Waals surface area contributed by atoms with Gasteiger partial charge in [0.2, 0.25) is 11.8 Å². The minimum absolute atomic E-state index is 0.0168. The fourth-order valence-corrected chi connectivity index (χ4v) is 3.30. The molecule has 0 bridgehead atoms. The molecule has 1 aliphatic heterocycles. The minimum atomic E-state index is -4.53. The number of ether oxygens (including phenoxy) is 1. The van der Waals surface area contributed by atoms with Gasteiger partial charge in [-0.1, -0.05) is 0 Å². The molecular weight excluding hydrogens is 401 g/mol. The summed E-state index contributed by atoms with van der Waals surface area (Å²) in [6.45, 7) is 4.32. The van der Waals surface area contributed by atoms with Crippen LogP contribution in [0.5, 0.6) is 5.88 Å². The number of aromatic nitrogens is 3. The van der Waals surface area contributed by atoms with Gasteiger partial charge in [-0.2, -0.15) is 13.2 Å². The normalized spacial score (nSPS) is 15.3. The summed E-state index contributed by atoms with van der Waals surface area (Å²) in [5.41, 5.74) is 0.0000245. The standard InChI is InChI=1S/C20H23F3N4O3/c1-13-14(2)25-12-27(19(13)29)10-17(28)26-8-5-15(6-9-26)11-30-18-16(20(21,22)23)4-3-7-24-18/h3-4,7,12,15H,5-6,8-11H2,1-2H3. The number of alkyl halides is 3. The lowest BCUT2D eigenvalue weighted by molar-refractivity contribution is -0.139. The molecule has 0 aliphatic carbocycles. The molecule has 1 amide bonds. The van der Waals surface area contributed by atoms with E-state index >= 15 is 0 Å². The van der Waals surface area contributed by atoms with Gasteiger partial charge in [0.25, 0.3) is 5.56 Å². The zero-order valence-electron chi connectivity index (χ0n) is 16.8. The topological polar surface area (TPSA) is 77.3 Å². The number of rotatable bonds is 5. The van der Waals surface area contributed by atoms with E-state index in [9.17, 15) is 22.8 Å². The Morgan fingerprint density at radius 1 is 1.23 bits per heavy atom. The largest absolute Gasteiger partial charge is 0.477 e. The van der Waals surface area contributed by atoms with Crippen molar-refractivity contribution in [2.75, 3.05) is 19.7 Å². The Morgan fingerprint density at radius 3 is 2.60 bits per heavy atom. The Bertz CT molecular complexity index is 966. The predicted octanol–water partition coefficient (Wildman–Crippen LogP) is 2.59. The molecule has 0 spiro atoms. The lowest BCUT2D eigenvalue weighted by Crippen LogP contribution is -2.42. The predicted molar refractivity (Wildman–Crippen MR) is 102 cm³/mol. The fraction of sp³-hybridized carbons (Fsp3) is 0.500. The summed E-state index contributed by atoms with van der Waals surface area (Å²) in [6, 6.07) is 2.16. The highest BCUT2D eigenvalue weighted by atomic mass is 19.4. The number of amides is 1. The zero-order chi connectivity index (χ0) is 21.9. The molecule has 30 heavy (non-hydrogen) atoms. The van der Waals surface area contributed by atoms with Gasteiger partial charge < -0.3 is 9.64 Å². The monoisotopic (exact) mass is 424 g/mol. The Morgan fingerprint density at radius 2 is 1.93 bits per heavy atom. The Balaban J connectivity index is 1.53. The molecule has 0 radical (unpaired) electrons. The SMILES string of the molecule is Cc1ncn(CC(=O)N2CCC(COc3ncccc3C(F)(F)F)CC2)c(=O)c1C. The lowest BCUT2D eigenvalue weighted by atomic mass is 9.98. The second kappa shape index (κ2) is 8.85. The van der Waals surface area contributed by atoms with Crippen molar-refractivity contribution >= 4 is 5.91 Å². The van der Waals surface area contributed by atoms with Gasteiger partial charge in [-0.25, -0.2) is 9.97 Å². The number of nitrogens with zero attached hydrogens (tertiary/aromatic N) is 4. The molecule has 1 saturated heterocycles. The van der Waals surface area contributed by atoms with E-state index in [0.29, 0.717) is 37.2 Å². The summed E-state index contributed by atoms with van der Waals surface area (Å²) in [7, 11) is 0. The summed E-state index contributed by atoms with van der Waals surface area (Å²) in [5.74, 6) is -0.598. The van der Waals surface area contributed by atoms with Crippen LogP contribution in [0.15, 0.2) is 29.5 Å². The van der Waals surface area contributed by atoms with Gasteiger partial charge in [-0.15, -0.1) is 0 Å². The van der Waals surface area contributed by atoms with Crippen LogP contribution in [-0.2, 0) is 17.5 Å². The van der Waals surface area contributed by atoms with Gasteiger partial charge in [0.15, 0.2) is 0 Å². The summed E-state index contributed by atoms with van der Waals surface area (Å²) >= 11 is 0. The maximum Gasteiger partial charge on any atom is 0.421 e. The molecule has 0 atom stereocenters. The molecule has 1 fully saturated rings. The van der Waals surface area contributed by atoms with E-state index in [1.165, 1.54) is 23.2 Å². The van der Waals surface area contributed by atoms with Crippen LogP contribution in [0.2, 0.25) is 0 Å². The summed E-state index contributed by atoms with van der Waals surface area (Å²) in [4.78, 5) is 34.2. The molecule has 10 heteroatoms. The molecular formula is C20H23F3N4O3. The number of likely N-dealkylation sites (tertiary alicyclic amines) is 1. The number of pyridine rings is 1. The van der Waals surface area contributed by atoms with Crippen molar-refractivity contribution in [1.82, 2.24) is 19.4 Å². The third kappa shape index (κ3) is 4.98. The van der Waals surface area contributed by atoms with Crippen molar-refractivity contribution in [3.8, 4) is 5.88 Å². The van der Waals surface area contributed by atoms with E-state index in [2.05, 4.69) is 9.97 Å². The van der Waals surface area contributed by atoms with E-state index in [1.807, 2.05) is 0 Å². The Kier molecular flexibility index (Phi) is 6.42. The van der Waals surface area contributed by atoms with Crippen molar-refractivity contribution in [2.24, 2.45) is 5.92 Å². The molecule has 3 heterocycles. The summed E-state index contributed by atoms with van der Waals surface area (Å²) in [5, 5.41) is 0. The van der Waals surface area contributed by atoms with Gasteiger partial charge in [0.1, 0.15) is 12.1 Å². The van der Waals surface area contributed by atoms with E-state index in [1.54, 1.807) is 18.7 Å². The minimum Gasteiger partial charge on any atom is -0.477 e. The van der Waals surface area contributed by atoms with Crippen LogP contribution in [-0.4, -0.2) is 45.0 Å². The van der Waals surface area contributed by atoms with Gasteiger partial charge in [-0.05, 0) is 44.7 Å². The molecule has 7 nitrogen and oxygen atoms in total. The van der Waals surface area contributed by atoms with E-state index in [4.69, 9.17) is 4.74 Å². The number of carbonyl (C=O) groups is 1. The third-order valence-electron chi connectivity index (χ3n) is 5.32. The Labute approximate surface area is 171 Å². The molecule has 0 aromatic carbocycles. The van der Waals surface area contributed by atoms with E-state index < -0.39 is 17.6 Å². The van der Waals surface area contributed by atoms with Gasteiger partial charge in [0, 0.05) is 30.5 Å². The van der Waals surface area contributed by atoms with Gasteiger partial charge in [-0.3, -0.25) is 14.2 Å². The quantitative estimate of drug-likeness (QED) is 0.738. The van der Waals surface area contributed by atoms with Gasteiger partial charge >= 0.3 is 6.18 Å². The first-order valence-electron chi connectivity index (χ1n) is 9.62. The lowest BCUT2D eigenvalue weighted by Gasteiger charge is -2.32. The van der Waals surface area contributed by atoms with Crippen LogP contribution in [0.1, 0.15) is 29.7 Å². The fourth-order valence-electron chi connectivity index (χ4n) is 3.30. The second-order valence-electron chi connectivity index (χ2n) is 7.38. The maximum atomic E-state index is 13.0.